The monoisotopic (exact) mass is 159 g/mol. The van der Waals surface area contributed by atoms with Crippen LogP contribution in [0.15, 0.2) is 0 Å². The van der Waals surface area contributed by atoms with E-state index in [-0.39, 0.29) is 6.23 Å². The van der Waals surface area contributed by atoms with Crippen molar-refractivity contribution in [3.63, 3.8) is 0 Å². The van der Waals surface area contributed by atoms with E-state index in [0.717, 1.165) is 26.1 Å². The van der Waals surface area contributed by atoms with E-state index in [1.165, 1.54) is 0 Å². The Morgan fingerprint density at radius 2 is 2.45 bits per heavy atom. The molecule has 1 aliphatic rings. The molecule has 1 rings (SSSR count). The van der Waals surface area contributed by atoms with Crippen LogP contribution in [0.2, 0.25) is 0 Å². The summed E-state index contributed by atoms with van der Waals surface area (Å²) >= 11 is 0. The van der Waals surface area contributed by atoms with E-state index in [4.69, 9.17) is 9.47 Å². The van der Waals surface area contributed by atoms with Gasteiger partial charge in [0, 0.05) is 19.8 Å². The summed E-state index contributed by atoms with van der Waals surface area (Å²) in [6, 6.07) is 0.516. The molecule has 0 bridgehead atoms. The van der Waals surface area contributed by atoms with E-state index in [2.05, 4.69) is 12.2 Å². The van der Waals surface area contributed by atoms with Crippen molar-refractivity contribution in [2.45, 2.75) is 32.0 Å². The topological polar surface area (TPSA) is 30.5 Å². The summed E-state index contributed by atoms with van der Waals surface area (Å²) < 4.78 is 10.4. The maximum Gasteiger partial charge on any atom is 0.108 e. The molecule has 3 heteroatoms. The van der Waals surface area contributed by atoms with Gasteiger partial charge in [-0.1, -0.05) is 0 Å². The molecular weight excluding hydrogens is 142 g/mol. The van der Waals surface area contributed by atoms with Crippen LogP contribution in [0.3, 0.4) is 0 Å². The van der Waals surface area contributed by atoms with Crippen molar-refractivity contribution in [3.05, 3.63) is 0 Å². The molecule has 1 heterocycles. The summed E-state index contributed by atoms with van der Waals surface area (Å²) in [4.78, 5) is 0. The summed E-state index contributed by atoms with van der Waals surface area (Å²) in [5, 5.41) is 3.33. The number of hydrogen-bond donors (Lipinski definition) is 1. The van der Waals surface area contributed by atoms with E-state index in [0.29, 0.717) is 6.04 Å². The molecule has 66 valence electrons. The average molecular weight is 159 g/mol. The van der Waals surface area contributed by atoms with Crippen LogP contribution in [0.25, 0.3) is 0 Å². The lowest BCUT2D eigenvalue weighted by atomic mass is 10.3. The van der Waals surface area contributed by atoms with Crippen molar-refractivity contribution in [3.8, 4) is 0 Å². The molecule has 2 unspecified atom stereocenters. The highest BCUT2D eigenvalue weighted by molar-refractivity contribution is 4.70. The van der Waals surface area contributed by atoms with Gasteiger partial charge >= 0.3 is 0 Å². The van der Waals surface area contributed by atoms with Crippen LogP contribution < -0.4 is 5.32 Å². The largest absolute Gasteiger partial charge is 0.385 e. The summed E-state index contributed by atoms with van der Waals surface area (Å²) in [5.74, 6) is 0. The zero-order chi connectivity index (χ0) is 8.10. The Kier molecular flexibility index (Phi) is 3.83. The third-order valence-electron chi connectivity index (χ3n) is 1.83. The number of nitrogens with one attached hydrogen (secondary N) is 1. The quantitative estimate of drug-likeness (QED) is 0.614. The lowest BCUT2D eigenvalue weighted by molar-refractivity contribution is 0.0823. The van der Waals surface area contributed by atoms with Crippen molar-refractivity contribution >= 4 is 0 Å². The van der Waals surface area contributed by atoms with Gasteiger partial charge in [-0.15, -0.1) is 0 Å². The predicted octanol–water partition coefficient (Wildman–Crippen LogP) is 0.747. The third-order valence-corrected chi connectivity index (χ3v) is 1.83. The molecular formula is C8H17NO2. The minimum absolute atomic E-state index is 0.264. The Bertz CT molecular complexity index is 108. The van der Waals surface area contributed by atoms with Crippen LogP contribution >= 0.6 is 0 Å². The van der Waals surface area contributed by atoms with E-state index in [1.807, 2.05) is 0 Å². The normalized spacial score (nSPS) is 31.1. The van der Waals surface area contributed by atoms with Crippen molar-refractivity contribution in [1.82, 2.24) is 5.32 Å². The van der Waals surface area contributed by atoms with Gasteiger partial charge < -0.3 is 9.47 Å². The highest BCUT2D eigenvalue weighted by Gasteiger charge is 2.19. The van der Waals surface area contributed by atoms with Crippen LogP contribution in [0, 0.1) is 0 Å². The van der Waals surface area contributed by atoms with Gasteiger partial charge in [-0.2, -0.15) is 0 Å². The Hall–Kier alpha value is -0.120. The van der Waals surface area contributed by atoms with Crippen LogP contribution in [0.1, 0.15) is 19.8 Å². The van der Waals surface area contributed by atoms with Crippen molar-refractivity contribution in [2.24, 2.45) is 0 Å². The van der Waals surface area contributed by atoms with Gasteiger partial charge in [0.05, 0.1) is 6.61 Å². The molecule has 0 amide bonds. The molecule has 0 spiro atoms. The fraction of sp³-hybridized carbons (Fsp3) is 1.00. The van der Waals surface area contributed by atoms with Gasteiger partial charge in [0.25, 0.3) is 0 Å². The highest BCUT2D eigenvalue weighted by atomic mass is 16.5. The summed E-state index contributed by atoms with van der Waals surface area (Å²) in [6.45, 7) is 3.81. The number of hydrogen-bond acceptors (Lipinski definition) is 3. The molecule has 0 aliphatic carbocycles. The lowest BCUT2D eigenvalue weighted by Crippen LogP contribution is -2.28. The van der Waals surface area contributed by atoms with Crippen LogP contribution in [0.4, 0.5) is 0 Å². The zero-order valence-electron chi connectivity index (χ0n) is 7.30. The summed E-state index contributed by atoms with van der Waals surface area (Å²) in [5.41, 5.74) is 0. The standard InChI is InChI=1S/C8H17NO2/c1-7-6-11-8(9-7)4-3-5-10-2/h7-9H,3-6H2,1-2H3. The van der Waals surface area contributed by atoms with Gasteiger partial charge in [0.15, 0.2) is 0 Å². The van der Waals surface area contributed by atoms with Gasteiger partial charge in [0.1, 0.15) is 6.23 Å². The average Bonchev–Trinajstić information content (AvgIpc) is 2.37. The number of ether oxygens (including phenoxy) is 2. The molecule has 1 saturated heterocycles. The smallest absolute Gasteiger partial charge is 0.108 e. The number of methoxy groups -OCH3 is 1. The Balaban J connectivity index is 1.99. The lowest BCUT2D eigenvalue weighted by Gasteiger charge is -2.09. The molecule has 1 N–H and O–H groups in total. The molecule has 0 aromatic heterocycles. The predicted molar refractivity (Wildman–Crippen MR) is 43.4 cm³/mol. The fourth-order valence-electron chi connectivity index (χ4n) is 1.25. The third kappa shape index (κ3) is 3.18. The van der Waals surface area contributed by atoms with Crippen LogP contribution in [-0.2, 0) is 9.47 Å². The molecule has 11 heavy (non-hydrogen) atoms. The minimum Gasteiger partial charge on any atom is -0.385 e. The molecule has 2 atom stereocenters. The molecule has 0 aromatic rings. The molecule has 0 saturated carbocycles. The van der Waals surface area contributed by atoms with Gasteiger partial charge in [0.2, 0.25) is 0 Å². The van der Waals surface area contributed by atoms with Gasteiger partial charge in [-0.25, -0.2) is 0 Å². The molecule has 3 nitrogen and oxygen atoms in total. The SMILES string of the molecule is COCCCC1NC(C)CO1. The second kappa shape index (κ2) is 4.70. The van der Waals surface area contributed by atoms with Crippen LogP contribution in [-0.4, -0.2) is 32.6 Å². The van der Waals surface area contributed by atoms with Crippen LogP contribution in [0.5, 0.6) is 0 Å². The zero-order valence-corrected chi connectivity index (χ0v) is 7.30. The molecule has 0 aromatic carbocycles. The van der Waals surface area contributed by atoms with Gasteiger partial charge in [-0.05, 0) is 19.8 Å². The first kappa shape index (κ1) is 8.97. The Morgan fingerprint density at radius 1 is 1.64 bits per heavy atom. The van der Waals surface area contributed by atoms with Crippen molar-refractivity contribution < 1.29 is 9.47 Å². The van der Waals surface area contributed by atoms with Crippen molar-refractivity contribution in [1.29, 1.82) is 0 Å². The first-order chi connectivity index (χ1) is 5.33. The van der Waals surface area contributed by atoms with E-state index in [1.54, 1.807) is 7.11 Å². The Labute approximate surface area is 68.1 Å². The second-order valence-electron chi connectivity index (χ2n) is 3.02. The maximum absolute atomic E-state index is 5.45. The number of rotatable bonds is 4. The molecule has 0 radical (unpaired) electrons. The van der Waals surface area contributed by atoms with E-state index < -0.39 is 0 Å². The minimum atomic E-state index is 0.264. The molecule has 1 fully saturated rings. The van der Waals surface area contributed by atoms with Crippen molar-refractivity contribution in [2.75, 3.05) is 20.3 Å². The Morgan fingerprint density at radius 3 is 3.00 bits per heavy atom. The second-order valence-corrected chi connectivity index (χ2v) is 3.02. The summed E-state index contributed by atoms with van der Waals surface area (Å²) in [7, 11) is 1.73. The van der Waals surface area contributed by atoms with E-state index in [9.17, 15) is 0 Å². The maximum atomic E-state index is 5.45. The van der Waals surface area contributed by atoms with Gasteiger partial charge in [-0.3, -0.25) is 5.32 Å². The van der Waals surface area contributed by atoms with E-state index >= 15 is 0 Å². The molecule has 1 aliphatic heterocycles. The first-order valence-electron chi connectivity index (χ1n) is 4.19. The fourth-order valence-corrected chi connectivity index (χ4v) is 1.25. The first-order valence-corrected chi connectivity index (χ1v) is 4.19. The summed E-state index contributed by atoms with van der Waals surface area (Å²) in [6.07, 6.45) is 2.39. The highest BCUT2D eigenvalue weighted by Crippen LogP contribution is 2.07.